The third kappa shape index (κ3) is 3.43. The molecular formula is C23H22FN3O3. The van der Waals surface area contributed by atoms with Crippen molar-refractivity contribution in [1.29, 1.82) is 0 Å². The van der Waals surface area contributed by atoms with Crippen molar-refractivity contribution in [3.8, 4) is 22.6 Å². The van der Waals surface area contributed by atoms with Crippen molar-refractivity contribution in [1.82, 2.24) is 4.98 Å². The number of halogens is 1. The van der Waals surface area contributed by atoms with Gasteiger partial charge in [-0.2, -0.15) is 0 Å². The molecular weight excluding hydrogens is 385 g/mol. The topological polar surface area (TPSA) is 79.0 Å². The van der Waals surface area contributed by atoms with E-state index in [0.717, 1.165) is 22.4 Å². The van der Waals surface area contributed by atoms with E-state index in [1.165, 1.54) is 12.1 Å². The fourth-order valence-electron chi connectivity index (χ4n) is 3.71. The van der Waals surface area contributed by atoms with Gasteiger partial charge in [-0.05, 0) is 65.6 Å². The van der Waals surface area contributed by atoms with Crippen LogP contribution in [0.5, 0.6) is 11.5 Å². The molecule has 7 heteroatoms. The number of hydrogen-bond acceptors (Lipinski definition) is 6. The van der Waals surface area contributed by atoms with Gasteiger partial charge in [0.25, 0.3) is 6.02 Å². The van der Waals surface area contributed by atoms with E-state index in [4.69, 9.17) is 19.9 Å². The van der Waals surface area contributed by atoms with Crippen LogP contribution in [0.25, 0.3) is 11.1 Å². The Morgan fingerprint density at radius 3 is 2.50 bits per heavy atom. The number of nitrogens with two attached hydrogens (primary N) is 1. The van der Waals surface area contributed by atoms with Gasteiger partial charge in [0.15, 0.2) is 5.54 Å². The number of methoxy groups -OCH3 is 2. The van der Waals surface area contributed by atoms with Gasteiger partial charge in [0.05, 0.1) is 20.4 Å². The maximum absolute atomic E-state index is 14.7. The van der Waals surface area contributed by atoms with Crippen LogP contribution in [-0.2, 0) is 10.3 Å². The minimum atomic E-state index is -0.968. The Kier molecular flexibility index (Phi) is 5.03. The van der Waals surface area contributed by atoms with Crippen molar-refractivity contribution in [3.63, 3.8) is 0 Å². The van der Waals surface area contributed by atoms with Crippen LogP contribution in [0.2, 0.25) is 0 Å². The van der Waals surface area contributed by atoms with E-state index >= 15 is 0 Å². The summed E-state index contributed by atoms with van der Waals surface area (Å²) in [5, 5.41) is 0. The average molecular weight is 407 g/mol. The van der Waals surface area contributed by atoms with Crippen LogP contribution < -0.4 is 15.2 Å². The quantitative estimate of drug-likeness (QED) is 0.696. The Morgan fingerprint density at radius 1 is 1.00 bits per heavy atom. The predicted molar refractivity (Wildman–Crippen MR) is 112 cm³/mol. The van der Waals surface area contributed by atoms with Crippen molar-refractivity contribution in [2.45, 2.75) is 12.5 Å². The first kappa shape index (κ1) is 19.7. The Morgan fingerprint density at radius 2 is 1.83 bits per heavy atom. The van der Waals surface area contributed by atoms with E-state index in [2.05, 4.69) is 9.98 Å². The summed E-state index contributed by atoms with van der Waals surface area (Å²) in [7, 11) is 3.18. The normalized spacial score (nSPS) is 17.9. The summed E-state index contributed by atoms with van der Waals surface area (Å²) in [6.45, 7) is 2.11. The standard InChI is InChI=1S/C23H22FN3O3/c1-14-6-17(4-5-21(14)29-3)23(13-30-22(25)27-23)18-7-15(8-19(24)10-18)16-9-20(28-2)12-26-11-16/h4-12H,13H2,1-3H3,(H2,25,27). The predicted octanol–water partition coefficient (Wildman–Crippen LogP) is 3.80. The number of aromatic nitrogens is 1. The summed E-state index contributed by atoms with van der Waals surface area (Å²) in [4.78, 5) is 8.76. The fourth-order valence-corrected chi connectivity index (χ4v) is 3.71. The lowest BCUT2D eigenvalue weighted by atomic mass is 9.82. The number of hydrogen-bond donors (Lipinski definition) is 1. The largest absolute Gasteiger partial charge is 0.496 e. The summed E-state index contributed by atoms with van der Waals surface area (Å²) >= 11 is 0. The molecule has 4 rings (SSSR count). The van der Waals surface area contributed by atoms with E-state index in [9.17, 15) is 4.39 Å². The molecule has 1 aliphatic rings. The van der Waals surface area contributed by atoms with E-state index in [1.54, 1.807) is 32.7 Å². The number of benzene rings is 2. The lowest BCUT2D eigenvalue weighted by Crippen LogP contribution is -2.27. The maximum Gasteiger partial charge on any atom is 0.283 e. The Hall–Kier alpha value is -3.61. The maximum atomic E-state index is 14.7. The number of aryl methyl sites for hydroxylation is 1. The van der Waals surface area contributed by atoms with Gasteiger partial charge >= 0.3 is 0 Å². The summed E-state index contributed by atoms with van der Waals surface area (Å²) in [5.41, 5.74) is 8.70. The van der Waals surface area contributed by atoms with Crippen molar-refractivity contribution in [3.05, 3.63) is 77.4 Å². The molecule has 1 aromatic heterocycles. The van der Waals surface area contributed by atoms with Crippen molar-refractivity contribution in [2.24, 2.45) is 10.7 Å². The third-order valence-electron chi connectivity index (χ3n) is 5.26. The molecule has 0 saturated heterocycles. The number of nitrogens with zero attached hydrogens (tertiary/aromatic N) is 2. The molecule has 0 radical (unpaired) electrons. The van der Waals surface area contributed by atoms with E-state index < -0.39 is 11.4 Å². The highest BCUT2D eigenvalue weighted by Gasteiger charge is 2.41. The zero-order chi connectivity index (χ0) is 21.3. The van der Waals surface area contributed by atoms with Crippen LogP contribution in [0, 0.1) is 12.7 Å². The zero-order valence-electron chi connectivity index (χ0n) is 17.0. The van der Waals surface area contributed by atoms with Crippen molar-refractivity contribution < 1.29 is 18.6 Å². The molecule has 0 bridgehead atoms. The first-order valence-corrected chi connectivity index (χ1v) is 9.39. The lowest BCUT2D eigenvalue weighted by molar-refractivity contribution is 0.278. The Balaban J connectivity index is 1.89. The summed E-state index contributed by atoms with van der Waals surface area (Å²) in [6, 6.07) is 12.4. The van der Waals surface area contributed by atoms with Gasteiger partial charge < -0.3 is 19.9 Å². The van der Waals surface area contributed by atoms with Gasteiger partial charge in [-0.25, -0.2) is 9.38 Å². The third-order valence-corrected chi connectivity index (χ3v) is 5.26. The van der Waals surface area contributed by atoms with Gasteiger partial charge in [0, 0.05) is 11.8 Å². The molecule has 0 aliphatic carbocycles. The highest BCUT2D eigenvalue weighted by molar-refractivity contribution is 5.76. The minimum Gasteiger partial charge on any atom is -0.496 e. The first-order chi connectivity index (χ1) is 14.4. The van der Waals surface area contributed by atoms with Crippen LogP contribution in [0.4, 0.5) is 4.39 Å². The van der Waals surface area contributed by atoms with E-state index in [1.807, 2.05) is 31.2 Å². The van der Waals surface area contributed by atoms with Crippen LogP contribution >= 0.6 is 0 Å². The van der Waals surface area contributed by atoms with Gasteiger partial charge in [-0.3, -0.25) is 4.98 Å². The molecule has 2 aromatic carbocycles. The molecule has 1 atom stereocenters. The second kappa shape index (κ2) is 7.67. The lowest BCUT2D eigenvalue weighted by Gasteiger charge is -2.26. The SMILES string of the molecule is COc1cncc(-c2cc(F)cc(C3(c4ccc(OC)c(C)c4)COC(N)=N3)c2)c1. The van der Waals surface area contributed by atoms with Crippen LogP contribution in [0.15, 0.2) is 59.9 Å². The highest BCUT2D eigenvalue weighted by Crippen LogP contribution is 2.40. The zero-order valence-corrected chi connectivity index (χ0v) is 17.0. The van der Waals surface area contributed by atoms with Gasteiger partial charge in [-0.1, -0.05) is 6.07 Å². The molecule has 0 amide bonds. The molecule has 0 spiro atoms. The Labute approximate surface area is 174 Å². The van der Waals surface area contributed by atoms with Gasteiger partial charge in [0.2, 0.25) is 0 Å². The smallest absolute Gasteiger partial charge is 0.283 e. The minimum absolute atomic E-state index is 0.0670. The second-order valence-electron chi connectivity index (χ2n) is 7.13. The van der Waals surface area contributed by atoms with Crippen LogP contribution in [0.3, 0.4) is 0 Å². The molecule has 6 nitrogen and oxygen atoms in total. The monoisotopic (exact) mass is 407 g/mol. The van der Waals surface area contributed by atoms with Gasteiger partial charge in [-0.15, -0.1) is 0 Å². The number of pyridine rings is 1. The summed E-state index contributed by atoms with van der Waals surface area (Å²) in [5.74, 6) is 0.952. The molecule has 2 N–H and O–H groups in total. The summed E-state index contributed by atoms with van der Waals surface area (Å²) in [6.07, 6.45) is 3.26. The summed E-state index contributed by atoms with van der Waals surface area (Å²) < 4.78 is 30.9. The van der Waals surface area contributed by atoms with Crippen LogP contribution in [0.1, 0.15) is 16.7 Å². The first-order valence-electron chi connectivity index (χ1n) is 9.39. The highest BCUT2D eigenvalue weighted by atomic mass is 19.1. The molecule has 2 heterocycles. The van der Waals surface area contributed by atoms with Crippen molar-refractivity contribution >= 4 is 6.02 Å². The molecule has 0 saturated carbocycles. The molecule has 1 aliphatic heterocycles. The molecule has 154 valence electrons. The van der Waals surface area contributed by atoms with Crippen molar-refractivity contribution in [2.75, 3.05) is 20.8 Å². The average Bonchev–Trinajstić information content (AvgIpc) is 3.16. The number of ether oxygens (including phenoxy) is 3. The molecule has 3 aromatic rings. The number of rotatable bonds is 5. The fraction of sp³-hybridized carbons (Fsp3) is 0.217. The Bertz CT molecular complexity index is 1130. The molecule has 30 heavy (non-hydrogen) atoms. The van der Waals surface area contributed by atoms with Crippen LogP contribution in [-0.4, -0.2) is 31.8 Å². The second-order valence-corrected chi connectivity index (χ2v) is 7.13. The molecule has 0 fully saturated rings. The van der Waals surface area contributed by atoms with Gasteiger partial charge in [0.1, 0.15) is 23.9 Å². The van der Waals surface area contributed by atoms with E-state index in [0.29, 0.717) is 16.9 Å². The van der Waals surface area contributed by atoms with E-state index in [-0.39, 0.29) is 12.6 Å². The molecule has 1 unspecified atom stereocenters. The number of aliphatic imine (C=N–C) groups is 1. The number of amidine groups is 1.